The van der Waals surface area contributed by atoms with Crippen molar-refractivity contribution in [2.75, 3.05) is 11.9 Å². The van der Waals surface area contributed by atoms with Gasteiger partial charge in [-0.2, -0.15) is 0 Å². The summed E-state index contributed by atoms with van der Waals surface area (Å²) in [7, 11) is 0. The number of hydrogen-bond acceptors (Lipinski definition) is 6. The first-order valence-corrected chi connectivity index (χ1v) is 6.91. The van der Waals surface area contributed by atoms with Crippen LogP contribution in [0.2, 0.25) is 0 Å². The van der Waals surface area contributed by atoms with Crippen LogP contribution in [0.3, 0.4) is 0 Å². The van der Waals surface area contributed by atoms with Gasteiger partial charge < -0.3 is 14.4 Å². The second-order valence-electron chi connectivity index (χ2n) is 5.27. The molecule has 3 rings (SSSR count). The van der Waals surface area contributed by atoms with E-state index < -0.39 is 0 Å². The Morgan fingerprint density at radius 1 is 1.38 bits per heavy atom. The van der Waals surface area contributed by atoms with Gasteiger partial charge >= 0.3 is 0 Å². The van der Waals surface area contributed by atoms with E-state index in [2.05, 4.69) is 30.1 Å². The number of fused-ring (bicyclic) bond motifs is 1. The summed E-state index contributed by atoms with van der Waals surface area (Å²) in [4.78, 5) is 14.3. The number of amides is 1. The second kappa shape index (κ2) is 5.28. The Morgan fingerprint density at radius 2 is 2.19 bits per heavy atom. The van der Waals surface area contributed by atoms with E-state index in [1.165, 1.54) is 0 Å². The van der Waals surface area contributed by atoms with Crippen LogP contribution in [-0.2, 0) is 17.9 Å². The number of nitrogens with one attached hydrogen (secondary N) is 1. The number of carbonyl (C=O) groups excluding carboxylic acids is 1. The van der Waals surface area contributed by atoms with Crippen LogP contribution in [0, 0.1) is 13.8 Å². The van der Waals surface area contributed by atoms with Crippen LogP contribution in [-0.4, -0.2) is 43.3 Å². The zero-order valence-electron chi connectivity index (χ0n) is 12.3. The standard InChI is InChI=1S/C13H18N6O2/c1-8-6-11(17-21-8)14-13(20)9(2)18-4-5-19-10(3)15-16-12(19)7-18/h6,9H,4-5,7H2,1-3H3,(H,14,17,20). The van der Waals surface area contributed by atoms with Crippen molar-refractivity contribution >= 4 is 11.7 Å². The first-order chi connectivity index (χ1) is 10.0. The van der Waals surface area contributed by atoms with Crippen molar-refractivity contribution in [1.82, 2.24) is 24.8 Å². The van der Waals surface area contributed by atoms with Crippen molar-refractivity contribution in [3.63, 3.8) is 0 Å². The number of carbonyl (C=O) groups is 1. The summed E-state index contributed by atoms with van der Waals surface area (Å²) in [5, 5.41) is 14.7. The smallest absolute Gasteiger partial charge is 0.242 e. The third kappa shape index (κ3) is 2.66. The maximum Gasteiger partial charge on any atom is 0.242 e. The van der Waals surface area contributed by atoms with Crippen LogP contribution >= 0.6 is 0 Å². The molecule has 112 valence electrons. The average molecular weight is 290 g/mol. The van der Waals surface area contributed by atoms with Gasteiger partial charge in [0, 0.05) is 19.2 Å². The SMILES string of the molecule is Cc1cc(NC(=O)C(C)N2CCn3c(C)nnc3C2)no1. The number of hydrogen-bond donors (Lipinski definition) is 1. The lowest BCUT2D eigenvalue weighted by molar-refractivity contribution is -0.121. The molecule has 8 nitrogen and oxygen atoms in total. The molecule has 0 radical (unpaired) electrons. The predicted molar refractivity (Wildman–Crippen MR) is 74.5 cm³/mol. The van der Waals surface area contributed by atoms with Crippen molar-refractivity contribution in [1.29, 1.82) is 0 Å². The molecule has 0 aliphatic carbocycles. The van der Waals surface area contributed by atoms with Gasteiger partial charge in [0.15, 0.2) is 5.82 Å². The van der Waals surface area contributed by atoms with Gasteiger partial charge in [-0.1, -0.05) is 5.16 Å². The summed E-state index contributed by atoms with van der Waals surface area (Å²) in [6, 6.07) is 1.42. The average Bonchev–Trinajstić information content (AvgIpc) is 3.04. The fourth-order valence-electron chi connectivity index (χ4n) is 2.47. The van der Waals surface area contributed by atoms with Crippen molar-refractivity contribution in [2.24, 2.45) is 0 Å². The monoisotopic (exact) mass is 290 g/mol. The maximum atomic E-state index is 12.3. The van der Waals surface area contributed by atoms with Crippen molar-refractivity contribution in [3.8, 4) is 0 Å². The highest BCUT2D eigenvalue weighted by atomic mass is 16.5. The summed E-state index contributed by atoms with van der Waals surface area (Å²) >= 11 is 0. The largest absolute Gasteiger partial charge is 0.360 e. The zero-order valence-corrected chi connectivity index (χ0v) is 12.3. The lowest BCUT2D eigenvalue weighted by Crippen LogP contribution is -2.46. The Kier molecular flexibility index (Phi) is 3.46. The van der Waals surface area contributed by atoms with Crippen LogP contribution < -0.4 is 5.32 Å². The summed E-state index contributed by atoms with van der Waals surface area (Å²) in [6.45, 7) is 7.81. The van der Waals surface area contributed by atoms with Crippen molar-refractivity contribution in [3.05, 3.63) is 23.5 Å². The third-order valence-corrected chi connectivity index (χ3v) is 3.77. The molecule has 0 spiro atoms. The minimum atomic E-state index is -0.271. The highest BCUT2D eigenvalue weighted by Crippen LogP contribution is 2.16. The van der Waals surface area contributed by atoms with E-state index in [1.807, 2.05) is 13.8 Å². The molecule has 2 aromatic heterocycles. The van der Waals surface area contributed by atoms with Gasteiger partial charge in [0.05, 0.1) is 12.6 Å². The molecule has 1 aliphatic heterocycles. The van der Waals surface area contributed by atoms with Crippen molar-refractivity contribution < 1.29 is 9.32 Å². The second-order valence-corrected chi connectivity index (χ2v) is 5.27. The molecule has 21 heavy (non-hydrogen) atoms. The van der Waals surface area contributed by atoms with E-state index in [-0.39, 0.29) is 11.9 Å². The molecule has 8 heteroatoms. The summed E-state index contributed by atoms with van der Waals surface area (Å²) in [6.07, 6.45) is 0. The van der Waals surface area contributed by atoms with Gasteiger partial charge in [-0.3, -0.25) is 9.69 Å². The molecule has 0 bridgehead atoms. The molecule has 0 fully saturated rings. The Labute approximate surface area is 122 Å². The highest BCUT2D eigenvalue weighted by molar-refractivity contribution is 5.93. The summed E-state index contributed by atoms with van der Waals surface area (Å²) in [5.74, 6) is 2.82. The van der Waals surface area contributed by atoms with E-state index in [4.69, 9.17) is 4.52 Å². The number of aromatic nitrogens is 4. The topological polar surface area (TPSA) is 89.1 Å². The lowest BCUT2D eigenvalue weighted by Gasteiger charge is -2.31. The molecular weight excluding hydrogens is 272 g/mol. The van der Waals surface area contributed by atoms with Gasteiger partial charge in [-0.15, -0.1) is 10.2 Å². The first-order valence-electron chi connectivity index (χ1n) is 6.91. The number of anilines is 1. The van der Waals surface area contributed by atoms with E-state index in [0.29, 0.717) is 18.1 Å². The zero-order chi connectivity index (χ0) is 15.0. The van der Waals surface area contributed by atoms with E-state index >= 15 is 0 Å². The Hall–Kier alpha value is -2.22. The van der Waals surface area contributed by atoms with E-state index in [1.54, 1.807) is 13.0 Å². The highest BCUT2D eigenvalue weighted by Gasteiger charge is 2.27. The van der Waals surface area contributed by atoms with Crippen LogP contribution in [0.4, 0.5) is 5.82 Å². The summed E-state index contributed by atoms with van der Waals surface area (Å²) < 4.78 is 7.03. The van der Waals surface area contributed by atoms with Crippen LogP contribution in [0.5, 0.6) is 0 Å². The predicted octanol–water partition coefficient (Wildman–Crippen LogP) is 0.726. The molecule has 1 N–H and O–H groups in total. The Balaban J connectivity index is 1.65. The number of nitrogens with zero attached hydrogens (tertiary/aromatic N) is 5. The Morgan fingerprint density at radius 3 is 2.90 bits per heavy atom. The minimum Gasteiger partial charge on any atom is -0.360 e. The molecule has 1 aliphatic rings. The molecule has 0 aromatic carbocycles. The van der Waals surface area contributed by atoms with Crippen LogP contribution in [0.15, 0.2) is 10.6 Å². The maximum absolute atomic E-state index is 12.3. The fraction of sp³-hybridized carbons (Fsp3) is 0.538. The fourth-order valence-corrected chi connectivity index (χ4v) is 2.47. The van der Waals surface area contributed by atoms with Gasteiger partial charge in [-0.05, 0) is 20.8 Å². The van der Waals surface area contributed by atoms with Gasteiger partial charge in [0.25, 0.3) is 0 Å². The normalized spacial score (nSPS) is 16.5. The molecule has 3 heterocycles. The molecule has 1 unspecified atom stereocenters. The molecular formula is C13H18N6O2. The molecule has 2 aromatic rings. The Bertz CT molecular complexity index is 661. The van der Waals surface area contributed by atoms with Crippen molar-refractivity contribution in [2.45, 2.75) is 39.9 Å². The van der Waals surface area contributed by atoms with Gasteiger partial charge in [0.1, 0.15) is 17.4 Å². The quantitative estimate of drug-likeness (QED) is 0.896. The number of rotatable bonds is 3. The molecule has 0 saturated heterocycles. The van der Waals surface area contributed by atoms with Crippen LogP contribution in [0.25, 0.3) is 0 Å². The van der Waals surface area contributed by atoms with E-state index in [9.17, 15) is 4.79 Å². The van der Waals surface area contributed by atoms with Gasteiger partial charge in [-0.25, -0.2) is 0 Å². The summed E-state index contributed by atoms with van der Waals surface area (Å²) in [5.41, 5.74) is 0. The first kappa shape index (κ1) is 13.7. The molecule has 0 saturated carbocycles. The number of aryl methyl sites for hydroxylation is 2. The van der Waals surface area contributed by atoms with Crippen LogP contribution in [0.1, 0.15) is 24.3 Å². The van der Waals surface area contributed by atoms with Gasteiger partial charge in [0.2, 0.25) is 5.91 Å². The molecule has 1 atom stereocenters. The molecule has 1 amide bonds. The minimum absolute atomic E-state index is 0.104. The lowest BCUT2D eigenvalue weighted by atomic mass is 10.2. The van der Waals surface area contributed by atoms with E-state index in [0.717, 1.165) is 24.7 Å². The third-order valence-electron chi connectivity index (χ3n) is 3.77.